The van der Waals surface area contributed by atoms with Crippen LogP contribution in [0.1, 0.15) is 63.8 Å². The van der Waals surface area contributed by atoms with Crippen LogP contribution >= 0.6 is 0 Å². The van der Waals surface area contributed by atoms with E-state index in [4.69, 9.17) is 10.3 Å². The van der Waals surface area contributed by atoms with Gasteiger partial charge in [-0.25, -0.2) is 4.99 Å². The number of carbonyl (C=O) groups excluding carboxylic acids is 1. The van der Waals surface area contributed by atoms with E-state index in [-0.39, 0.29) is 5.91 Å². The number of primary amides is 1. The monoisotopic (exact) mass is 378 g/mol. The SMILES string of the molecule is CCNC(=NCc1cc(C(CC)CC)no1)NC1CCN(CC(N)=O)CC1. The van der Waals surface area contributed by atoms with Crippen molar-refractivity contribution in [3.63, 3.8) is 0 Å². The van der Waals surface area contributed by atoms with Crippen molar-refractivity contribution in [3.8, 4) is 0 Å². The summed E-state index contributed by atoms with van der Waals surface area (Å²) in [5, 5.41) is 11.0. The summed E-state index contributed by atoms with van der Waals surface area (Å²) in [5.74, 6) is 1.75. The highest BCUT2D eigenvalue weighted by molar-refractivity contribution is 5.80. The summed E-state index contributed by atoms with van der Waals surface area (Å²) in [6.07, 6.45) is 4.03. The van der Waals surface area contributed by atoms with Crippen molar-refractivity contribution < 1.29 is 9.32 Å². The molecule has 0 radical (unpaired) electrons. The van der Waals surface area contributed by atoms with Gasteiger partial charge in [0.05, 0.1) is 12.2 Å². The fourth-order valence-corrected chi connectivity index (χ4v) is 3.43. The highest BCUT2D eigenvalue weighted by Crippen LogP contribution is 2.22. The summed E-state index contributed by atoms with van der Waals surface area (Å²) in [4.78, 5) is 17.8. The normalized spacial score (nSPS) is 16.7. The number of nitrogens with zero attached hydrogens (tertiary/aromatic N) is 3. The Balaban J connectivity index is 1.88. The number of hydrogen-bond acceptors (Lipinski definition) is 5. The van der Waals surface area contributed by atoms with Crippen molar-refractivity contribution in [1.29, 1.82) is 0 Å². The molecule has 8 nitrogen and oxygen atoms in total. The van der Waals surface area contributed by atoms with Crippen molar-refractivity contribution in [1.82, 2.24) is 20.7 Å². The standard InChI is InChI=1S/C19H34N6O2/c1-4-14(5-2)17-11-16(27-24-17)12-22-19(21-6-3)23-15-7-9-25(10-8-15)13-18(20)26/h11,14-15H,4-10,12-13H2,1-3H3,(H2,20,26)(H2,21,22,23). The molecule has 8 heteroatoms. The van der Waals surface area contributed by atoms with Crippen LogP contribution in [0.2, 0.25) is 0 Å². The molecule has 2 heterocycles. The van der Waals surface area contributed by atoms with Gasteiger partial charge < -0.3 is 20.9 Å². The number of likely N-dealkylation sites (tertiary alicyclic amines) is 1. The summed E-state index contributed by atoms with van der Waals surface area (Å²) in [5.41, 5.74) is 6.29. The second kappa shape index (κ2) is 10.9. The van der Waals surface area contributed by atoms with Gasteiger partial charge in [-0.3, -0.25) is 9.69 Å². The third kappa shape index (κ3) is 6.86. The Morgan fingerprint density at radius 3 is 2.67 bits per heavy atom. The number of aliphatic imine (C=N–C) groups is 1. The summed E-state index contributed by atoms with van der Waals surface area (Å²) in [6, 6.07) is 2.36. The number of nitrogens with one attached hydrogen (secondary N) is 2. The second-order valence-corrected chi connectivity index (χ2v) is 7.09. The van der Waals surface area contributed by atoms with Gasteiger partial charge in [0.15, 0.2) is 11.7 Å². The first-order valence-electron chi connectivity index (χ1n) is 10.1. The highest BCUT2D eigenvalue weighted by Gasteiger charge is 2.21. The Kier molecular flexibility index (Phi) is 8.57. The number of rotatable bonds is 9. The summed E-state index contributed by atoms with van der Waals surface area (Å²) in [7, 11) is 0. The lowest BCUT2D eigenvalue weighted by atomic mass is 9.99. The van der Waals surface area contributed by atoms with Crippen LogP contribution in [0.3, 0.4) is 0 Å². The van der Waals surface area contributed by atoms with Crippen LogP contribution < -0.4 is 16.4 Å². The van der Waals surface area contributed by atoms with Crippen LogP contribution in [-0.4, -0.2) is 54.1 Å². The van der Waals surface area contributed by atoms with Crippen LogP contribution in [0.4, 0.5) is 0 Å². The van der Waals surface area contributed by atoms with Crippen molar-refractivity contribution in [2.75, 3.05) is 26.2 Å². The lowest BCUT2D eigenvalue weighted by molar-refractivity contribution is -0.119. The Labute approximate surface area is 161 Å². The molecular formula is C19H34N6O2. The number of guanidine groups is 1. The molecule has 0 atom stereocenters. The molecule has 0 bridgehead atoms. The summed E-state index contributed by atoms with van der Waals surface area (Å²) < 4.78 is 5.46. The molecule has 0 unspecified atom stereocenters. The summed E-state index contributed by atoms with van der Waals surface area (Å²) >= 11 is 0. The van der Waals surface area contributed by atoms with Gasteiger partial charge in [-0.2, -0.15) is 0 Å². The predicted octanol–water partition coefficient (Wildman–Crippen LogP) is 1.58. The number of piperidine rings is 1. The topological polar surface area (TPSA) is 109 Å². The van der Waals surface area contributed by atoms with Gasteiger partial charge in [-0.15, -0.1) is 0 Å². The molecule has 152 valence electrons. The first-order chi connectivity index (χ1) is 13.0. The van der Waals surface area contributed by atoms with E-state index in [0.717, 1.165) is 62.7 Å². The largest absolute Gasteiger partial charge is 0.369 e. The van der Waals surface area contributed by atoms with Crippen molar-refractivity contribution >= 4 is 11.9 Å². The number of aromatic nitrogens is 1. The molecule has 4 N–H and O–H groups in total. The molecule has 1 aliphatic rings. The maximum Gasteiger partial charge on any atom is 0.231 e. The lowest BCUT2D eigenvalue weighted by Gasteiger charge is -2.32. The molecule has 0 saturated carbocycles. The molecule has 0 spiro atoms. The van der Waals surface area contributed by atoms with Crippen molar-refractivity contribution in [2.24, 2.45) is 10.7 Å². The molecule has 2 rings (SSSR count). The summed E-state index contributed by atoms with van der Waals surface area (Å²) in [6.45, 7) is 9.70. The van der Waals surface area contributed by atoms with E-state index in [2.05, 4.69) is 39.5 Å². The lowest BCUT2D eigenvalue weighted by Crippen LogP contribution is -2.49. The minimum Gasteiger partial charge on any atom is -0.369 e. The van der Waals surface area contributed by atoms with E-state index >= 15 is 0 Å². The molecular weight excluding hydrogens is 344 g/mol. The highest BCUT2D eigenvalue weighted by atomic mass is 16.5. The van der Waals surface area contributed by atoms with E-state index in [1.165, 1.54) is 0 Å². The zero-order chi connectivity index (χ0) is 19.6. The molecule has 0 aromatic carbocycles. The number of carbonyl (C=O) groups is 1. The molecule has 1 aromatic heterocycles. The van der Waals surface area contributed by atoms with Gasteiger partial charge in [0, 0.05) is 37.7 Å². The van der Waals surface area contributed by atoms with E-state index < -0.39 is 0 Å². The Morgan fingerprint density at radius 2 is 2.07 bits per heavy atom. The molecule has 1 aliphatic heterocycles. The molecule has 27 heavy (non-hydrogen) atoms. The van der Waals surface area contributed by atoms with Gasteiger partial charge in [0.2, 0.25) is 5.91 Å². The Bertz CT molecular complexity index is 603. The molecule has 1 saturated heterocycles. The van der Waals surface area contributed by atoms with Gasteiger partial charge >= 0.3 is 0 Å². The van der Waals surface area contributed by atoms with Crippen molar-refractivity contribution in [2.45, 2.75) is 65.0 Å². The Morgan fingerprint density at radius 1 is 1.37 bits per heavy atom. The quantitative estimate of drug-likeness (QED) is 0.445. The average molecular weight is 379 g/mol. The molecule has 0 aliphatic carbocycles. The van der Waals surface area contributed by atoms with Crippen LogP contribution in [0.15, 0.2) is 15.6 Å². The predicted molar refractivity (Wildman–Crippen MR) is 106 cm³/mol. The minimum atomic E-state index is -0.267. The third-order valence-electron chi connectivity index (χ3n) is 5.03. The third-order valence-corrected chi connectivity index (χ3v) is 5.03. The number of nitrogens with two attached hydrogens (primary N) is 1. The van der Waals surface area contributed by atoms with Gasteiger partial charge in [0.25, 0.3) is 0 Å². The first-order valence-corrected chi connectivity index (χ1v) is 10.1. The van der Waals surface area contributed by atoms with E-state index in [1.807, 2.05) is 13.0 Å². The van der Waals surface area contributed by atoms with Crippen LogP contribution in [0.25, 0.3) is 0 Å². The molecule has 1 aromatic rings. The van der Waals surface area contributed by atoms with Crippen LogP contribution in [-0.2, 0) is 11.3 Å². The second-order valence-electron chi connectivity index (χ2n) is 7.09. The first kappa shape index (κ1) is 21.2. The minimum absolute atomic E-state index is 0.267. The Hall–Kier alpha value is -2.09. The maximum atomic E-state index is 11.0. The van der Waals surface area contributed by atoms with Crippen LogP contribution in [0, 0.1) is 0 Å². The number of amides is 1. The van der Waals surface area contributed by atoms with Crippen LogP contribution in [0.5, 0.6) is 0 Å². The zero-order valence-corrected chi connectivity index (χ0v) is 16.8. The fourth-order valence-electron chi connectivity index (χ4n) is 3.43. The van der Waals surface area contributed by atoms with Gasteiger partial charge in [-0.05, 0) is 32.6 Å². The fraction of sp³-hybridized carbons (Fsp3) is 0.737. The van der Waals surface area contributed by atoms with E-state index in [0.29, 0.717) is 25.0 Å². The zero-order valence-electron chi connectivity index (χ0n) is 16.8. The maximum absolute atomic E-state index is 11.0. The van der Waals surface area contributed by atoms with E-state index in [1.54, 1.807) is 0 Å². The molecule has 1 fully saturated rings. The van der Waals surface area contributed by atoms with Gasteiger partial charge in [-0.1, -0.05) is 19.0 Å². The number of hydrogen-bond donors (Lipinski definition) is 3. The van der Waals surface area contributed by atoms with Crippen molar-refractivity contribution in [3.05, 3.63) is 17.5 Å². The van der Waals surface area contributed by atoms with Gasteiger partial charge in [0.1, 0.15) is 6.54 Å². The smallest absolute Gasteiger partial charge is 0.231 e. The molecule has 1 amide bonds. The average Bonchev–Trinajstić information content (AvgIpc) is 3.11. The van der Waals surface area contributed by atoms with E-state index in [9.17, 15) is 4.79 Å².